The molecular formula is C85H162O17P2. The number of ether oxygens (including phenoxy) is 4. The molecule has 0 saturated carbocycles. The third kappa shape index (κ3) is 77.7. The van der Waals surface area contributed by atoms with Gasteiger partial charge in [-0.2, -0.15) is 0 Å². The number of hydrogen-bond acceptors (Lipinski definition) is 15. The number of carbonyl (C=O) groups excluding carboxylic acids is 4. The van der Waals surface area contributed by atoms with Crippen molar-refractivity contribution in [1.29, 1.82) is 0 Å². The molecule has 19 heteroatoms. The first-order valence-electron chi connectivity index (χ1n) is 43.6. The Morgan fingerprint density at radius 3 is 0.702 bits per heavy atom. The lowest BCUT2D eigenvalue weighted by molar-refractivity contribution is -0.161. The Morgan fingerprint density at radius 2 is 0.462 bits per heavy atom. The Labute approximate surface area is 637 Å². The standard InChI is InChI=1S/C85H162O17P2/c1-5-9-13-17-21-25-29-33-36-38-39-41-44-48-52-56-60-64-68-72-85(90)102-81(76-96-83(88)70-66-62-58-54-50-46-43-40-37-34-30-26-22-18-14-10-6-2)78-100-104(93,94)98-74-79(86)73-97-103(91,92)99-77-80(75-95-82(87)69-65-61-57-53-49-45-32-28-24-20-16-12-8-4)101-84(89)71-67-63-59-55-51-47-42-35-31-27-23-19-15-11-7-3/h27,31,35,42,79-81,86H,5-26,28-30,32-34,36-41,43-78H2,1-4H3,(H,91,92)(H,93,94)/b31-27-,42-35-/t79-,80+,81+/m0/s1. The zero-order valence-electron chi connectivity index (χ0n) is 67.5. The van der Waals surface area contributed by atoms with Crippen LogP contribution in [0.25, 0.3) is 0 Å². The van der Waals surface area contributed by atoms with Gasteiger partial charge in [0.15, 0.2) is 12.2 Å². The Kier molecular flexibility index (Phi) is 76.8. The van der Waals surface area contributed by atoms with Crippen LogP contribution in [0.15, 0.2) is 24.3 Å². The van der Waals surface area contributed by atoms with E-state index in [1.54, 1.807) is 0 Å². The molecule has 17 nitrogen and oxygen atoms in total. The van der Waals surface area contributed by atoms with E-state index < -0.39 is 97.5 Å². The number of aliphatic hydroxyl groups is 1. The Hall–Kier alpha value is -2.46. The van der Waals surface area contributed by atoms with Crippen LogP contribution < -0.4 is 0 Å². The zero-order chi connectivity index (χ0) is 76.0. The van der Waals surface area contributed by atoms with E-state index in [0.717, 1.165) is 103 Å². The molecule has 0 spiro atoms. The van der Waals surface area contributed by atoms with Gasteiger partial charge in [-0.1, -0.05) is 386 Å². The number of aliphatic hydroxyl groups excluding tert-OH is 1. The van der Waals surface area contributed by atoms with Gasteiger partial charge in [-0.3, -0.25) is 37.3 Å². The highest BCUT2D eigenvalue weighted by atomic mass is 31.2. The minimum Gasteiger partial charge on any atom is -0.462 e. The molecule has 0 aliphatic rings. The molecule has 0 bridgehead atoms. The summed E-state index contributed by atoms with van der Waals surface area (Å²) < 4.78 is 68.8. The Balaban J connectivity index is 5.29. The highest BCUT2D eigenvalue weighted by molar-refractivity contribution is 7.47. The van der Waals surface area contributed by atoms with Crippen molar-refractivity contribution in [3.63, 3.8) is 0 Å². The van der Waals surface area contributed by atoms with Crippen LogP contribution in [0.5, 0.6) is 0 Å². The molecule has 3 N–H and O–H groups in total. The van der Waals surface area contributed by atoms with Gasteiger partial charge in [0.2, 0.25) is 0 Å². The molecule has 614 valence electrons. The normalized spacial score (nSPS) is 13.9. The van der Waals surface area contributed by atoms with Gasteiger partial charge in [0.1, 0.15) is 19.3 Å². The van der Waals surface area contributed by atoms with Crippen molar-refractivity contribution in [3.05, 3.63) is 24.3 Å². The molecule has 0 aliphatic carbocycles. The number of carbonyl (C=O) groups is 4. The fourth-order valence-corrected chi connectivity index (χ4v) is 14.4. The quantitative estimate of drug-likeness (QED) is 0.0169. The summed E-state index contributed by atoms with van der Waals surface area (Å²) in [5.41, 5.74) is 0. The van der Waals surface area contributed by atoms with Crippen LogP contribution in [-0.2, 0) is 65.4 Å². The second kappa shape index (κ2) is 78.7. The molecule has 104 heavy (non-hydrogen) atoms. The van der Waals surface area contributed by atoms with E-state index in [1.807, 2.05) is 0 Å². The molecule has 0 rings (SSSR count). The van der Waals surface area contributed by atoms with Crippen LogP contribution in [0, 0.1) is 0 Å². The van der Waals surface area contributed by atoms with Gasteiger partial charge in [-0.25, -0.2) is 9.13 Å². The fraction of sp³-hybridized carbons (Fsp3) is 0.906. The maximum Gasteiger partial charge on any atom is 0.472 e. The summed E-state index contributed by atoms with van der Waals surface area (Å²) in [7, 11) is -9.94. The second-order valence-electron chi connectivity index (χ2n) is 29.9. The highest BCUT2D eigenvalue weighted by Gasteiger charge is 2.30. The molecule has 0 fully saturated rings. The third-order valence-corrected chi connectivity index (χ3v) is 21.4. The topological polar surface area (TPSA) is 237 Å². The summed E-state index contributed by atoms with van der Waals surface area (Å²) in [6.07, 6.45) is 75.6. The SMILES string of the molecule is CCCCCC/C=C\C=C/CCCCCCCC(=O)O[C@H](COC(=O)CCCCCCCCCCCCCCC)COP(=O)(O)OC[C@H](O)COP(=O)(O)OC[C@@H](COC(=O)CCCCCCCCCCCCCCCCCCC)OC(=O)CCCCCCCCCCCCCCCCCCCCC. The van der Waals surface area contributed by atoms with Crippen LogP contribution in [0.4, 0.5) is 0 Å². The van der Waals surface area contributed by atoms with Gasteiger partial charge < -0.3 is 33.8 Å². The van der Waals surface area contributed by atoms with E-state index in [1.165, 1.54) is 257 Å². The summed E-state index contributed by atoms with van der Waals surface area (Å²) in [4.78, 5) is 73.2. The van der Waals surface area contributed by atoms with Crippen molar-refractivity contribution >= 4 is 39.5 Å². The average Bonchev–Trinajstić information content (AvgIpc) is 0.909. The molecular weight excluding hydrogens is 1350 g/mol. The summed E-state index contributed by atoms with van der Waals surface area (Å²) in [5, 5.41) is 10.7. The minimum absolute atomic E-state index is 0.0862. The summed E-state index contributed by atoms with van der Waals surface area (Å²) in [6, 6.07) is 0. The van der Waals surface area contributed by atoms with Crippen molar-refractivity contribution in [2.75, 3.05) is 39.6 Å². The Morgan fingerprint density at radius 1 is 0.269 bits per heavy atom. The maximum absolute atomic E-state index is 13.1. The van der Waals surface area contributed by atoms with E-state index in [-0.39, 0.29) is 25.7 Å². The van der Waals surface area contributed by atoms with Crippen molar-refractivity contribution < 1.29 is 80.2 Å². The van der Waals surface area contributed by atoms with Gasteiger partial charge >= 0.3 is 39.5 Å². The van der Waals surface area contributed by atoms with Gasteiger partial charge in [-0.05, 0) is 51.4 Å². The third-order valence-electron chi connectivity index (χ3n) is 19.5. The number of unbranched alkanes of at least 4 members (excludes halogenated alkanes) is 55. The fourth-order valence-electron chi connectivity index (χ4n) is 12.8. The van der Waals surface area contributed by atoms with Gasteiger partial charge in [0.05, 0.1) is 26.4 Å². The molecule has 5 atom stereocenters. The molecule has 0 amide bonds. The summed E-state index contributed by atoms with van der Waals surface area (Å²) >= 11 is 0. The van der Waals surface area contributed by atoms with Crippen molar-refractivity contribution in [3.8, 4) is 0 Å². The lowest BCUT2D eigenvalue weighted by Crippen LogP contribution is -2.30. The van der Waals surface area contributed by atoms with E-state index in [4.69, 9.17) is 37.0 Å². The van der Waals surface area contributed by atoms with Crippen molar-refractivity contribution in [1.82, 2.24) is 0 Å². The van der Waals surface area contributed by atoms with Crippen LogP contribution in [-0.4, -0.2) is 96.7 Å². The first-order valence-corrected chi connectivity index (χ1v) is 46.6. The van der Waals surface area contributed by atoms with Gasteiger partial charge in [-0.15, -0.1) is 0 Å². The monoisotopic (exact) mass is 1520 g/mol. The molecule has 0 saturated heterocycles. The number of phosphoric ester groups is 2. The van der Waals surface area contributed by atoms with Crippen molar-refractivity contribution in [2.24, 2.45) is 0 Å². The predicted molar refractivity (Wildman–Crippen MR) is 428 cm³/mol. The van der Waals surface area contributed by atoms with Gasteiger partial charge in [0, 0.05) is 25.7 Å². The molecule has 2 unspecified atom stereocenters. The Bertz CT molecular complexity index is 2060. The maximum atomic E-state index is 13.1. The van der Waals surface area contributed by atoms with E-state index >= 15 is 0 Å². The van der Waals surface area contributed by atoms with E-state index in [2.05, 4.69) is 52.0 Å². The summed E-state index contributed by atoms with van der Waals surface area (Å²) in [5.74, 6) is -2.13. The van der Waals surface area contributed by atoms with Crippen molar-refractivity contribution in [2.45, 2.75) is 457 Å². The van der Waals surface area contributed by atoms with Crippen LogP contribution in [0.3, 0.4) is 0 Å². The number of phosphoric acid groups is 2. The lowest BCUT2D eigenvalue weighted by atomic mass is 10.0. The first kappa shape index (κ1) is 102. The molecule has 0 aromatic rings. The zero-order valence-corrected chi connectivity index (χ0v) is 69.3. The largest absolute Gasteiger partial charge is 0.472 e. The first-order chi connectivity index (χ1) is 50.7. The molecule has 0 aliphatic heterocycles. The molecule has 0 radical (unpaired) electrons. The van der Waals surface area contributed by atoms with Gasteiger partial charge in [0.25, 0.3) is 0 Å². The molecule has 0 aromatic carbocycles. The van der Waals surface area contributed by atoms with E-state index in [0.29, 0.717) is 25.7 Å². The molecule has 0 heterocycles. The van der Waals surface area contributed by atoms with Crippen LogP contribution >= 0.6 is 15.6 Å². The minimum atomic E-state index is -4.97. The molecule has 0 aromatic heterocycles. The average molecular weight is 1520 g/mol. The smallest absolute Gasteiger partial charge is 0.462 e. The lowest BCUT2D eigenvalue weighted by Gasteiger charge is -2.21. The van der Waals surface area contributed by atoms with Crippen LogP contribution in [0.1, 0.15) is 439 Å². The second-order valence-corrected chi connectivity index (χ2v) is 32.8. The predicted octanol–water partition coefficient (Wildman–Crippen LogP) is 25.7. The van der Waals surface area contributed by atoms with Crippen LogP contribution in [0.2, 0.25) is 0 Å². The van der Waals surface area contributed by atoms with E-state index in [9.17, 15) is 43.2 Å². The number of hydrogen-bond donors (Lipinski definition) is 3. The number of rotatable bonds is 84. The summed E-state index contributed by atoms with van der Waals surface area (Å²) in [6.45, 7) is 4.99. The number of allylic oxidation sites excluding steroid dienone is 4. The number of esters is 4. The highest BCUT2D eigenvalue weighted by Crippen LogP contribution is 2.45.